The highest BCUT2D eigenvalue weighted by molar-refractivity contribution is 6.30. The van der Waals surface area contributed by atoms with Crippen molar-refractivity contribution in [3.63, 3.8) is 0 Å². The maximum atomic E-state index is 5.97. The van der Waals surface area contributed by atoms with Gasteiger partial charge in [0.05, 0.1) is 17.6 Å². The van der Waals surface area contributed by atoms with Crippen molar-refractivity contribution in [2.45, 2.75) is 0 Å². The first kappa shape index (κ1) is 13.9. The van der Waals surface area contributed by atoms with E-state index < -0.39 is 0 Å². The van der Waals surface area contributed by atoms with Gasteiger partial charge >= 0.3 is 0 Å². The SMILES string of the molecule is Clc1ccc(-c2cc(-c3ccco3)n(-c3ccccc3)n2)cc1. The molecule has 4 heteroatoms. The van der Waals surface area contributed by atoms with Gasteiger partial charge in [-0.2, -0.15) is 5.10 Å². The average molecular weight is 321 g/mol. The Bertz CT molecular complexity index is 910. The summed E-state index contributed by atoms with van der Waals surface area (Å²) in [6.07, 6.45) is 1.67. The minimum Gasteiger partial charge on any atom is -0.463 e. The number of halogens is 1. The first-order chi connectivity index (χ1) is 11.3. The van der Waals surface area contributed by atoms with E-state index in [1.54, 1.807) is 6.26 Å². The van der Waals surface area contributed by atoms with E-state index in [1.807, 2.05) is 77.5 Å². The Hall–Kier alpha value is -2.78. The lowest BCUT2D eigenvalue weighted by molar-refractivity contribution is 0.577. The molecular formula is C19H13ClN2O. The molecule has 2 heterocycles. The van der Waals surface area contributed by atoms with Crippen molar-refractivity contribution in [2.75, 3.05) is 0 Å². The van der Waals surface area contributed by atoms with E-state index in [1.165, 1.54) is 0 Å². The van der Waals surface area contributed by atoms with Crippen LogP contribution in [-0.2, 0) is 0 Å². The van der Waals surface area contributed by atoms with Crippen LogP contribution >= 0.6 is 11.6 Å². The fourth-order valence-electron chi connectivity index (χ4n) is 2.51. The van der Waals surface area contributed by atoms with Gasteiger partial charge in [0.2, 0.25) is 0 Å². The molecule has 2 aromatic carbocycles. The molecule has 23 heavy (non-hydrogen) atoms. The highest BCUT2D eigenvalue weighted by atomic mass is 35.5. The second-order valence-electron chi connectivity index (χ2n) is 5.15. The van der Waals surface area contributed by atoms with Crippen molar-refractivity contribution < 1.29 is 4.42 Å². The first-order valence-electron chi connectivity index (χ1n) is 7.26. The number of benzene rings is 2. The molecule has 0 aliphatic heterocycles. The Morgan fingerprint density at radius 2 is 1.65 bits per heavy atom. The van der Waals surface area contributed by atoms with Crippen molar-refractivity contribution >= 4 is 11.6 Å². The van der Waals surface area contributed by atoms with Crippen LogP contribution in [0.15, 0.2) is 83.5 Å². The van der Waals surface area contributed by atoms with Crippen LogP contribution in [0.1, 0.15) is 0 Å². The lowest BCUT2D eigenvalue weighted by Crippen LogP contribution is -1.98. The zero-order valence-electron chi connectivity index (χ0n) is 12.2. The van der Waals surface area contributed by atoms with Crippen LogP contribution in [0.2, 0.25) is 5.02 Å². The number of aromatic nitrogens is 2. The van der Waals surface area contributed by atoms with Gasteiger partial charge < -0.3 is 4.42 Å². The van der Waals surface area contributed by atoms with Gasteiger partial charge in [-0.15, -0.1) is 0 Å². The number of furan rings is 1. The summed E-state index contributed by atoms with van der Waals surface area (Å²) in [6, 6.07) is 23.5. The third kappa shape index (κ3) is 2.67. The van der Waals surface area contributed by atoms with Gasteiger partial charge in [-0.25, -0.2) is 4.68 Å². The second kappa shape index (κ2) is 5.78. The molecule has 2 aromatic heterocycles. The van der Waals surface area contributed by atoms with Crippen LogP contribution in [-0.4, -0.2) is 9.78 Å². The van der Waals surface area contributed by atoms with Crippen molar-refractivity contribution in [2.24, 2.45) is 0 Å². The second-order valence-corrected chi connectivity index (χ2v) is 5.58. The minimum absolute atomic E-state index is 0.711. The van der Waals surface area contributed by atoms with Crippen LogP contribution < -0.4 is 0 Å². The Kier molecular flexibility index (Phi) is 3.48. The van der Waals surface area contributed by atoms with Crippen LogP contribution in [0.25, 0.3) is 28.4 Å². The lowest BCUT2D eigenvalue weighted by Gasteiger charge is -2.04. The fourth-order valence-corrected chi connectivity index (χ4v) is 2.63. The number of nitrogens with zero attached hydrogens (tertiary/aromatic N) is 2. The molecule has 0 N–H and O–H groups in total. The smallest absolute Gasteiger partial charge is 0.152 e. The molecule has 0 fully saturated rings. The Morgan fingerprint density at radius 1 is 0.870 bits per heavy atom. The molecule has 0 saturated heterocycles. The number of hydrogen-bond acceptors (Lipinski definition) is 2. The summed E-state index contributed by atoms with van der Waals surface area (Å²) < 4.78 is 7.46. The minimum atomic E-state index is 0.711. The van der Waals surface area contributed by atoms with Crippen LogP contribution in [0.5, 0.6) is 0 Å². The summed E-state index contributed by atoms with van der Waals surface area (Å²) in [5.41, 5.74) is 3.78. The maximum absolute atomic E-state index is 5.97. The maximum Gasteiger partial charge on any atom is 0.152 e. The van der Waals surface area contributed by atoms with E-state index in [2.05, 4.69) is 0 Å². The number of para-hydroxylation sites is 1. The van der Waals surface area contributed by atoms with Crippen molar-refractivity contribution in [1.82, 2.24) is 9.78 Å². The average Bonchev–Trinajstić information content (AvgIpc) is 3.26. The summed E-state index contributed by atoms with van der Waals surface area (Å²) in [5, 5.41) is 5.46. The lowest BCUT2D eigenvalue weighted by atomic mass is 10.1. The standard InChI is InChI=1S/C19H13ClN2O/c20-15-10-8-14(9-11-15)17-13-18(19-7-4-12-23-19)22(21-17)16-5-2-1-3-6-16/h1-13H. The summed E-state index contributed by atoms with van der Waals surface area (Å²) in [4.78, 5) is 0. The van der Waals surface area contributed by atoms with Gasteiger partial charge in [-0.3, -0.25) is 0 Å². The highest BCUT2D eigenvalue weighted by Gasteiger charge is 2.14. The van der Waals surface area contributed by atoms with Gasteiger partial charge in [0, 0.05) is 10.6 Å². The van der Waals surface area contributed by atoms with Gasteiger partial charge in [-0.05, 0) is 42.5 Å². The van der Waals surface area contributed by atoms with E-state index in [-0.39, 0.29) is 0 Å². The topological polar surface area (TPSA) is 31.0 Å². The number of hydrogen-bond donors (Lipinski definition) is 0. The molecular weight excluding hydrogens is 308 g/mol. The van der Waals surface area contributed by atoms with Gasteiger partial charge in [-0.1, -0.05) is 41.9 Å². The third-order valence-electron chi connectivity index (χ3n) is 3.62. The van der Waals surface area contributed by atoms with E-state index in [4.69, 9.17) is 21.1 Å². The molecule has 0 spiro atoms. The summed E-state index contributed by atoms with van der Waals surface area (Å²) in [7, 11) is 0. The predicted molar refractivity (Wildman–Crippen MR) is 91.7 cm³/mol. The van der Waals surface area contributed by atoms with E-state index in [9.17, 15) is 0 Å². The van der Waals surface area contributed by atoms with Crippen LogP contribution in [0, 0.1) is 0 Å². The molecule has 4 aromatic rings. The van der Waals surface area contributed by atoms with E-state index in [0.29, 0.717) is 5.02 Å². The van der Waals surface area contributed by atoms with Gasteiger partial charge in [0.1, 0.15) is 5.69 Å². The molecule has 3 nitrogen and oxygen atoms in total. The van der Waals surface area contributed by atoms with Crippen LogP contribution in [0.4, 0.5) is 0 Å². The predicted octanol–water partition coefficient (Wildman–Crippen LogP) is 5.45. The molecule has 0 unspecified atom stereocenters. The molecule has 0 radical (unpaired) electrons. The number of rotatable bonds is 3. The molecule has 0 amide bonds. The Labute approximate surface area is 138 Å². The zero-order chi connectivity index (χ0) is 15.6. The summed E-state index contributed by atoms with van der Waals surface area (Å²) in [6.45, 7) is 0. The Balaban J connectivity index is 1.89. The zero-order valence-corrected chi connectivity index (χ0v) is 12.9. The molecule has 0 aliphatic carbocycles. The monoisotopic (exact) mass is 320 g/mol. The van der Waals surface area contributed by atoms with Crippen molar-refractivity contribution in [3.8, 4) is 28.4 Å². The summed E-state index contributed by atoms with van der Waals surface area (Å²) in [5.74, 6) is 0.779. The molecule has 4 rings (SSSR count). The van der Waals surface area contributed by atoms with Crippen molar-refractivity contribution in [1.29, 1.82) is 0 Å². The quantitative estimate of drug-likeness (QED) is 0.502. The normalized spacial score (nSPS) is 10.8. The van der Waals surface area contributed by atoms with Gasteiger partial charge in [0.15, 0.2) is 5.76 Å². The largest absolute Gasteiger partial charge is 0.463 e. The Morgan fingerprint density at radius 3 is 2.35 bits per heavy atom. The van der Waals surface area contributed by atoms with E-state index in [0.717, 1.165) is 28.4 Å². The first-order valence-corrected chi connectivity index (χ1v) is 7.64. The molecule has 0 atom stereocenters. The summed E-state index contributed by atoms with van der Waals surface area (Å²) >= 11 is 5.97. The molecule has 0 saturated carbocycles. The van der Waals surface area contributed by atoms with Crippen molar-refractivity contribution in [3.05, 3.63) is 84.1 Å². The fraction of sp³-hybridized carbons (Fsp3) is 0. The molecule has 0 bridgehead atoms. The van der Waals surface area contributed by atoms with E-state index >= 15 is 0 Å². The molecule has 0 aliphatic rings. The third-order valence-corrected chi connectivity index (χ3v) is 3.88. The van der Waals surface area contributed by atoms with Crippen LogP contribution in [0.3, 0.4) is 0 Å². The molecule has 112 valence electrons. The van der Waals surface area contributed by atoms with Gasteiger partial charge in [0.25, 0.3) is 0 Å². The highest BCUT2D eigenvalue weighted by Crippen LogP contribution is 2.29.